The molecule has 0 spiro atoms. The highest BCUT2D eigenvalue weighted by Crippen LogP contribution is 2.24. The van der Waals surface area contributed by atoms with Crippen molar-refractivity contribution < 1.29 is 42.8 Å². The van der Waals surface area contributed by atoms with Gasteiger partial charge in [-0.3, -0.25) is 4.79 Å². The molecule has 0 bridgehead atoms. The highest BCUT2D eigenvalue weighted by atomic mass is 16.5. The standard InChI is InChI=1S/C23H26O5.C14H16O4/c1-5-18(3)26-14-6-7-15-27-20-10-8-19(9-11-20)23(24)28-21-12-13-22(25-4)17(2)16-21;1-2-14(16)18-10-4-3-9-17-13-7-5-12(11-15)6-8-13/h5,8-13,16H,1,3,6-7,14-15H2,2,4H3;2,5-8,11H,1,3-4,9-10H2. The van der Waals surface area contributed by atoms with E-state index in [2.05, 4.69) is 19.7 Å². The fourth-order valence-electron chi connectivity index (χ4n) is 3.69. The minimum atomic E-state index is -0.421. The first-order valence-electron chi connectivity index (χ1n) is 14.8. The van der Waals surface area contributed by atoms with Crippen molar-refractivity contribution in [3.05, 3.63) is 121 Å². The van der Waals surface area contributed by atoms with Crippen LogP contribution in [-0.2, 0) is 14.3 Å². The summed E-state index contributed by atoms with van der Waals surface area (Å²) in [5.74, 6) is 2.41. The molecule has 3 aromatic rings. The van der Waals surface area contributed by atoms with Crippen LogP contribution < -0.4 is 18.9 Å². The fraction of sp³-hybridized carbons (Fsp3) is 0.270. The number of aryl methyl sites for hydroxylation is 1. The van der Waals surface area contributed by atoms with Crippen molar-refractivity contribution >= 4 is 18.2 Å². The third-order valence-electron chi connectivity index (χ3n) is 6.22. The summed E-state index contributed by atoms with van der Waals surface area (Å²) in [7, 11) is 1.60. The van der Waals surface area contributed by atoms with E-state index in [0.717, 1.165) is 55.1 Å². The molecule has 0 amide bonds. The fourth-order valence-corrected chi connectivity index (χ4v) is 3.69. The van der Waals surface area contributed by atoms with Gasteiger partial charge in [-0.05, 0) is 111 Å². The maximum absolute atomic E-state index is 12.3. The van der Waals surface area contributed by atoms with Gasteiger partial charge in [-0.25, -0.2) is 9.59 Å². The van der Waals surface area contributed by atoms with Gasteiger partial charge in [0.05, 0.1) is 39.1 Å². The van der Waals surface area contributed by atoms with Gasteiger partial charge in [-0.1, -0.05) is 19.7 Å². The van der Waals surface area contributed by atoms with Crippen LogP contribution >= 0.6 is 0 Å². The molecule has 0 atom stereocenters. The molecule has 46 heavy (non-hydrogen) atoms. The number of unbranched alkanes of at least 4 members (excludes halogenated alkanes) is 2. The SMILES string of the molecule is C=CC(=C)OCCCCOc1ccc(C(=O)Oc2ccc(OC)c(C)c2)cc1.C=CC(=O)OCCCCOc1ccc(C=O)cc1. The van der Waals surface area contributed by atoms with Crippen LogP contribution in [0.2, 0.25) is 0 Å². The van der Waals surface area contributed by atoms with Crippen LogP contribution in [0.4, 0.5) is 0 Å². The van der Waals surface area contributed by atoms with Crippen LogP contribution in [0.15, 0.2) is 104 Å². The molecule has 0 aromatic heterocycles. The van der Waals surface area contributed by atoms with E-state index in [4.69, 9.17) is 28.4 Å². The molecule has 0 N–H and O–H groups in total. The van der Waals surface area contributed by atoms with Crippen molar-refractivity contribution in [2.75, 3.05) is 33.5 Å². The molecule has 3 aromatic carbocycles. The Morgan fingerprint density at radius 2 is 1.26 bits per heavy atom. The van der Waals surface area contributed by atoms with Crippen molar-refractivity contribution in [2.24, 2.45) is 0 Å². The van der Waals surface area contributed by atoms with Crippen LogP contribution in [-0.4, -0.2) is 51.8 Å². The number of rotatable bonds is 19. The Morgan fingerprint density at radius 1 is 0.717 bits per heavy atom. The number of ether oxygens (including phenoxy) is 6. The predicted octanol–water partition coefficient (Wildman–Crippen LogP) is 7.49. The van der Waals surface area contributed by atoms with Crippen LogP contribution in [0, 0.1) is 6.92 Å². The summed E-state index contributed by atoms with van der Waals surface area (Å²) in [5, 5.41) is 0. The zero-order chi connectivity index (χ0) is 33.6. The first-order valence-corrected chi connectivity index (χ1v) is 14.8. The summed E-state index contributed by atoms with van der Waals surface area (Å²) in [6.07, 6.45) is 6.76. The van der Waals surface area contributed by atoms with E-state index in [0.29, 0.717) is 54.8 Å². The lowest BCUT2D eigenvalue weighted by molar-refractivity contribution is -0.137. The topological polar surface area (TPSA) is 107 Å². The van der Waals surface area contributed by atoms with Gasteiger partial charge in [0.1, 0.15) is 35.0 Å². The van der Waals surface area contributed by atoms with Gasteiger partial charge in [0, 0.05) is 11.6 Å². The largest absolute Gasteiger partial charge is 0.496 e. The maximum Gasteiger partial charge on any atom is 0.343 e. The molecule has 0 aliphatic carbocycles. The van der Waals surface area contributed by atoms with Gasteiger partial charge in [0.2, 0.25) is 0 Å². The summed E-state index contributed by atoms with van der Waals surface area (Å²) >= 11 is 0. The molecule has 0 saturated heterocycles. The average molecular weight is 631 g/mol. The zero-order valence-corrected chi connectivity index (χ0v) is 26.5. The molecule has 0 saturated carbocycles. The van der Waals surface area contributed by atoms with Crippen LogP contribution in [0.1, 0.15) is 52.0 Å². The van der Waals surface area contributed by atoms with Crippen LogP contribution in [0.3, 0.4) is 0 Å². The molecule has 9 heteroatoms. The second-order valence-corrected chi connectivity index (χ2v) is 9.73. The van der Waals surface area contributed by atoms with E-state index in [1.807, 2.05) is 6.92 Å². The summed E-state index contributed by atoms with van der Waals surface area (Å²) in [6, 6.07) is 19.0. The van der Waals surface area contributed by atoms with E-state index in [9.17, 15) is 14.4 Å². The third-order valence-corrected chi connectivity index (χ3v) is 6.22. The smallest absolute Gasteiger partial charge is 0.343 e. The third kappa shape index (κ3) is 14.4. The lowest BCUT2D eigenvalue weighted by atomic mass is 10.2. The maximum atomic E-state index is 12.3. The number of carbonyl (C=O) groups is 3. The van der Waals surface area contributed by atoms with Crippen molar-refractivity contribution in [1.82, 2.24) is 0 Å². The molecule has 0 aliphatic heterocycles. The van der Waals surface area contributed by atoms with E-state index in [1.54, 1.807) is 79.9 Å². The van der Waals surface area contributed by atoms with Crippen molar-refractivity contribution in [1.29, 1.82) is 0 Å². The Morgan fingerprint density at radius 3 is 1.78 bits per heavy atom. The second kappa shape index (κ2) is 21.4. The van der Waals surface area contributed by atoms with Crippen molar-refractivity contribution in [3.63, 3.8) is 0 Å². The number of allylic oxidation sites excluding steroid dienone is 1. The van der Waals surface area contributed by atoms with Crippen LogP contribution in [0.25, 0.3) is 0 Å². The first kappa shape index (κ1) is 36.9. The molecule has 3 rings (SSSR count). The Hall–Kier alpha value is -5.31. The first-order chi connectivity index (χ1) is 22.3. The predicted molar refractivity (Wildman–Crippen MR) is 177 cm³/mol. The second-order valence-electron chi connectivity index (χ2n) is 9.73. The van der Waals surface area contributed by atoms with Crippen LogP contribution in [0.5, 0.6) is 23.0 Å². The number of esters is 2. The average Bonchev–Trinajstić information content (AvgIpc) is 3.08. The minimum absolute atomic E-state index is 0.373. The molecule has 0 radical (unpaired) electrons. The molecule has 0 unspecified atom stereocenters. The Labute approximate surface area is 271 Å². The number of benzene rings is 3. The highest BCUT2D eigenvalue weighted by molar-refractivity contribution is 5.91. The molecular formula is C37H42O9. The summed E-state index contributed by atoms with van der Waals surface area (Å²) in [6.45, 7) is 14.5. The van der Waals surface area contributed by atoms with Gasteiger partial charge in [0.25, 0.3) is 0 Å². The van der Waals surface area contributed by atoms with Gasteiger partial charge >= 0.3 is 11.9 Å². The molecule has 244 valence electrons. The molecular weight excluding hydrogens is 588 g/mol. The number of hydrogen-bond donors (Lipinski definition) is 0. The van der Waals surface area contributed by atoms with Gasteiger partial charge < -0.3 is 28.4 Å². The molecule has 0 heterocycles. The van der Waals surface area contributed by atoms with Gasteiger partial charge in [-0.2, -0.15) is 0 Å². The Bertz CT molecular complexity index is 1410. The lowest BCUT2D eigenvalue weighted by Crippen LogP contribution is -2.08. The van der Waals surface area contributed by atoms with E-state index < -0.39 is 11.9 Å². The van der Waals surface area contributed by atoms with E-state index in [-0.39, 0.29) is 0 Å². The Kier molecular flexibility index (Phi) is 17.2. The number of carbonyl (C=O) groups excluding carboxylic acids is 3. The molecule has 9 nitrogen and oxygen atoms in total. The van der Waals surface area contributed by atoms with E-state index >= 15 is 0 Å². The van der Waals surface area contributed by atoms with Gasteiger partial charge in [0.15, 0.2) is 0 Å². The summed E-state index contributed by atoms with van der Waals surface area (Å²) in [5.41, 5.74) is 1.98. The van der Waals surface area contributed by atoms with E-state index in [1.165, 1.54) is 0 Å². The number of aldehydes is 1. The highest BCUT2D eigenvalue weighted by Gasteiger charge is 2.10. The molecule has 0 fully saturated rings. The summed E-state index contributed by atoms with van der Waals surface area (Å²) < 4.78 is 31.9. The lowest BCUT2D eigenvalue weighted by Gasteiger charge is -2.09. The van der Waals surface area contributed by atoms with Crippen molar-refractivity contribution in [2.45, 2.75) is 32.6 Å². The zero-order valence-electron chi connectivity index (χ0n) is 26.5. The minimum Gasteiger partial charge on any atom is -0.496 e. The monoisotopic (exact) mass is 630 g/mol. The number of methoxy groups -OCH3 is 1. The number of hydrogen-bond acceptors (Lipinski definition) is 9. The molecule has 0 aliphatic rings. The van der Waals surface area contributed by atoms with Gasteiger partial charge in [-0.15, -0.1) is 0 Å². The Balaban J connectivity index is 0.000000353. The normalized spacial score (nSPS) is 9.87. The van der Waals surface area contributed by atoms with Crippen molar-refractivity contribution in [3.8, 4) is 23.0 Å². The summed E-state index contributed by atoms with van der Waals surface area (Å²) in [4.78, 5) is 33.4. The quantitative estimate of drug-likeness (QED) is 0.0253.